The summed E-state index contributed by atoms with van der Waals surface area (Å²) in [6.45, 7) is 0. The van der Waals surface area contributed by atoms with E-state index in [1.54, 1.807) is 18.1 Å². The van der Waals surface area contributed by atoms with E-state index in [2.05, 4.69) is 20.5 Å². The maximum atomic E-state index is 6.02. The second kappa shape index (κ2) is 7.81. The molecule has 0 unspecified atom stereocenters. The molecule has 2 heterocycles. The third kappa shape index (κ3) is 3.96. The Bertz CT molecular complexity index is 1050. The molecule has 2 aromatic heterocycles. The number of rotatable bonds is 6. The number of halogens is 1. The van der Waals surface area contributed by atoms with Crippen molar-refractivity contribution < 1.29 is 9.15 Å². The van der Waals surface area contributed by atoms with Crippen molar-refractivity contribution in [2.75, 3.05) is 7.11 Å². The summed E-state index contributed by atoms with van der Waals surface area (Å²) in [5.41, 5.74) is 2.48. The van der Waals surface area contributed by atoms with Crippen LogP contribution >= 0.6 is 23.4 Å². The summed E-state index contributed by atoms with van der Waals surface area (Å²) < 4.78 is 12.4. The van der Waals surface area contributed by atoms with Gasteiger partial charge in [0.2, 0.25) is 11.0 Å². The van der Waals surface area contributed by atoms with Crippen LogP contribution in [-0.4, -0.2) is 32.3 Å². The summed E-state index contributed by atoms with van der Waals surface area (Å²) >= 11 is 7.49. The molecule has 7 nitrogen and oxygen atoms in total. The zero-order valence-electron chi connectivity index (χ0n) is 14.2. The van der Waals surface area contributed by atoms with Gasteiger partial charge in [-0.25, -0.2) is 4.98 Å². The Kier molecular flexibility index (Phi) is 5.08. The molecule has 4 rings (SSSR count). The van der Waals surface area contributed by atoms with Crippen LogP contribution in [0.25, 0.3) is 17.1 Å². The van der Waals surface area contributed by atoms with Crippen LogP contribution in [-0.2, 0) is 5.75 Å². The average molecular weight is 400 g/mol. The molecule has 4 aromatic rings. The third-order valence-electron chi connectivity index (χ3n) is 3.73. The molecule has 2 aromatic carbocycles. The number of hydrogen-bond donors (Lipinski definition) is 0. The fraction of sp³-hybridized carbons (Fsp3) is 0.111. The van der Waals surface area contributed by atoms with Crippen molar-refractivity contribution in [1.29, 1.82) is 0 Å². The van der Waals surface area contributed by atoms with Crippen molar-refractivity contribution in [3.63, 3.8) is 0 Å². The van der Waals surface area contributed by atoms with Crippen LogP contribution in [0.5, 0.6) is 5.75 Å². The highest BCUT2D eigenvalue weighted by molar-refractivity contribution is 7.98. The molecular formula is C18H14ClN5O2S. The van der Waals surface area contributed by atoms with Gasteiger partial charge in [0.15, 0.2) is 0 Å². The standard InChI is InChI=1S/C18H14ClN5O2S/c1-25-16-7-5-15(6-8-16)24-18(21-22-23-24)27-11-14-10-26-17(20-14)12-3-2-4-13(19)9-12/h2-10H,11H2,1H3. The molecule has 0 atom stereocenters. The molecule has 0 saturated heterocycles. The lowest BCUT2D eigenvalue weighted by atomic mass is 10.2. The fourth-order valence-corrected chi connectivity index (χ4v) is 3.38. The van der Waals surface area contributed by atoms with Crippen molar-refractivity contribution in [1.82, 2.24) is 25.2 Å². The first kappa shape index (κ1) is 17.6. The second-order valence-corrected chi connectivity index (χ2v) is 6.89. The minimum atomic E-state index is 0.530. The molecule has 0 radical (unpaired) electrons. The summed E-state index contributed by atoms with van der Waals surface area (Å²) in [6, 6.07) is 14.9. The number of tetrazole rings is 1. The first-order valence-corrected chi connectivity index (χ1v) is 9.35. The highest BCUT2D eigenvalue weighted by atomic mass is 35.5. The first-order valence-electron chi connectivity index (χ1n) is 7.99. The molecule has 0 aliphatic rings. The molecule has 0 bridgehead atoms. The summed E-state index contributed by atoms with van der Waals surface area (Å²) in [7, 11) is 1.63. The SMILES string of the molecule is COc1ccc(-n2nnnc2SCc2coc(-c3cccc(Cl)c3)n2)cc1. The molecular weight excluding hydrogens is 386 g/mol. The van der Waals surface area contributed by atoms with Crippen LogP contribution in [0.2, 0.25) is 5.02 Å². The van der Waals surface area contributed by atoms with Crippen molar-refractivity contribution in [3.05, 3.63) is 65.5 Å². The Labute approximate surface area is 164 Å². The maximum Gasteiger partial charge on any atom is 0.226 e. The molecule has 9 heteroatoms. The van der Waals surface area contributed by atoms with E-state index in [4.69, 9.17) is 20.8 Å². The second-order valence-electron chi connectivity index (χ2n) is 5.51. The Morgan fingerprint density at radius 2 is 2.04 bits per heavy atom. The van der Waals surface area contributed by atoms with Crippen LogP contribution in [0.15, 0.2) is 64.4 Å². The summed E-state index contributed by atoms with van der Waals surface area (Å²) in [5, 5.41) is 13.2. The van der Waals surface area contributed by atoms with Crippen molar-refractivity contribution in [2.45, 2.75) is 10.9 Å². The summed E-state index contributed by atoms with van der Waals surface area (Å²) in [4.78, 5) is 4.51. The lowest BCUT2D eigenvalue weighted by Crippen LogP contribution is -1.99. The normalized spacial score (nSPS) is 10.9. The Hall–Kier alpha value is -2.84. The molecule has 136 valence electrons. The number of aromatic nitrogens is 5. The van der Waals surface area contributed by atoms with E-state index >= 15 is 0 Å². The number of ether oxygens (including phenoxy) is 1. The first-order chi connectivity index (χ1) is 13.2. The van der Waals surface area contributed by atoms with Gasteiger partial charge >= 0.3 is 0 Å². The van der Waals surface area contributed by atoms with Crippen LogP contribution < -0.4 is 4.74 Å². The number of oxazole rings is 1. The van der Waals surface area contributed by atoms with Gasteiger partial charge in [0.05, 0.1) is 18.5 Å². The molecule has 0 amide bonds. The quantitative estimate of drug-likeness (QED) is 0.448. The van der Waals surface area contributed by atoms with Gasteiger partial charge < -0.3 is 9.15 Å². The maximum absolute atomic E-state index is 6.02. The zero-order valence-corrected chi connectivity index (χ0v) is 15.8. The van der Waals surface area contributed by atoms with E-state index in [0.717, 1.165) is 22.7 Å². The van der Waals surface area contributed by atoms with Gasteiger partial charge in [0, 0.05) is 16.3 Å². The minimum Gasteiger partial charge on any atom is -0.497 e. The highest BCUT2D eigenvalue weighted by Gasteiger charge is 2.12. The highest BCUT2D eigenvalue weighted by Crippen LogP contribution is 2.26. The van der Waals surface area contributed by atoms with Crippen LogP contribution in [0, 0.1) is 0 Å². The van der Waals surface area contributed by atoms with Crippen molar-refractivity contribution >= 4 is 23.4 Å². The van der Waals surface area contributed by atoms with E-state index in [0.29, 0.717) is 21.8 Å². The largest absolute Gasteiger partial charge is 0.497 e. The van der Waals surface area contributed by atoms with Gasteiger partial charge in [0.25, 0.3) is 0 Å². The lowest BCUT2D eigenvalue weighted by Gasteiger charge is -2.04. The Morgan fingerprint density at radius 1 is 1.19 bits per heavy atom. The smallest absolute Gasteiger partial charge is 0.226 e. The topological polar surface area (TPSA) is 78.9 Å². The Balaban J connectivity index is 1.48. The van der Waals surface area contributed by atoms with Crippen LogP contribution in [0.4, 0.5) is 0 Å². The Morgan fingerprint density at radius 3 is 2.81 bits per heavy atom. The molecule has 0 saturated carbocycles. The number of nitrogens with zero attached hydrogens (tertiary/aromatic N) is 5. The number of thioether (sulfide) groups is 1. The van der Waals surface area contributed by atoms with Crippen LogP contribution in [0.3, 0.4) is 0 Å². The predicted molar refractivity (Wildman–Crippen MR) is 102 cm³/mol. The minimum absolute atomic E-state index is 0.530. The van der Waals surface area contributed by atoms with Gasteiger partial charge in [0.1, 0.15) is 12.0 Å². The van der Waals surface area contributed by atoms with E-state index < -0.39 is 0 Å². The average Bonchev–Trinajstić information content (AvgIpc) is 3.36. The van der Waals surface area contributed by atoms with Gasteiger partial charge in [-0.2, -0.15) is 4.68 Å². The molecule has 0 aliphatic carbocycles. The number of methoxy groups -OCH3 is 1. The third-order valence-corrected chi connectivity index (χ3v) is 4.92. The molecule has 27 heavy (non-hydrogen) atoms. The van der Waals surface area contributed by atoms with Gasteiger partial charge in [-0.3, -0.25) is 0 Å². The monoisotopic (exact) mass is 399 g/mol. The van der Waals surface area contributed by atoms with Crippen molar-refractivity contribution in [3.8, 4) is 22.9 Å². The van der Waals surface area contributed by atoms with E-state index in [1.165, 1.54) is 11.8 Å². The number of benzene rings is 2. The van der Waals surface area contributed by atoms with E-state index in [9.17, 15) is 0 Å². The zero-order chi connectivity index (χ0) is 18.6. The molecule has 0 fully saturated rings. The van der Waals surface area contributed by atoms with Gasteiger partial charge in [-0.1, -0.05) is 29.4 Å². The molecule has 0 aliphatic heterocycles. The van der Waals surface area contributed by atoms with Crippen molar-refractivity contribution in [2.24, 2.45) is 0 Å². The molecule has 0 N–H and O–H groups in total. The van der Waals surface area contributed by atoms with Crippen LogP contribution in [0.1, 0.15) is 5.69 Å². The molecule has 0 spiro atoms. The summed E-state index contributed by atoms with van der Waals surface area (Å²) in [6.07, 6.45) is 1.63. The number of hydrogen-bond acceptors (Lipinski definition) is 7. The van der Waals surface area contributed by atoms with Gasteiger partial charge in [-0.15, -0.1) is 5.10 Å². The fourth-order valence-electron chi connectivity index (χ4n) is 2.42. The van der Waals surface area contributed by atoms with E-state index in [1.807, 2.05) is 48.5 Å². The lowest BCUT2D eigenvalue weighted by molar-refractivity contribution is 0.414. The summed E-state index contributed by atoms with van der Waals surface area (Å²) in [5.74, 6) is 1.88. The van der Waals surface area contributed by atoms with Gasteiger partial charge in [-0.05, 0) is 52.9 Å². The van der Waals surface area contributed by atoms with E-state index in [-0.39, 0.29) is 0 Å². The predicted octanol–water partition coefficient (Wildman–Crippen LogP) is 4.27.